The van der Waals surface area contributed by atoms with Crippen LogP contribution in [-0.2, 0) is 9.84 Å². The number of halogens is 1. The van der Waals surface area contributed by atoms with Gasteiger partial charge in [-0.3, -0.25) is 14.6 Å². The third-order valence-electron chi connectivity index (χ3n) is 4.44. The number of rotatable bonds is 4. The quantitative estimate of drug-likeness (QED) is 0.856. The molecule has 0 aliphatic carbocycles. The molecular formula is C18H18FN3O4S. The molecule has 0 radical (unpaired) electrons. The number of nitrogens with one attached hydrogen (secondary N) is 1. The largest absolute Gasteiger partial charge is 0.336 e. The van der Waals surface area contributed by atoms with Crippen molar-refractivity contribution in [1.82, 2.24) is 9.88 Å². The number of aromatic nitrogens is 1. The van der Waals surface area contributed by atoms with Crippen LogP contribution in [0.3, 0.4) is 0 Å². The third-order valence-corrected chi connectivity index (χ3v) is 6.19. The number of amides is 2. The van der Waals surface area contributed by atoms with Gasteiger partial charge in [0.1, 0.15) is 11.5 Å². The van der Waals surface area contributed by atoms with Gasteiger partial charge in [0.05, 0.1) is 17.2 Å². The standard InChI is InChI=1S/C18H18FN3O4S/c1-22(13-7-9-27(25,26)11-13)18(24)16-10-12(6-8-20-16)17(23)21-15-5-3-2-4-14(15)19/h2-6,8,10,13H,7,9,11H2,1H3,(H,21,23). The van der Waals surface area contributed by atoms with Gasteiger partial charge in [0.25, 0.3) is 11.8 Å². The molecule has 0 saturated carbocycles. The van der Waals surface area contributed by atoms with Gasteiger partial charge < -0.3 is 10.2 Å². The second-order valence-electron chi connectivity index (χ2n) is 6.34. The van der Waals surface area contributed by atoms with Crippen LogP contribution in [0.2, 0.25) is 0 Å². The summed E-state index contributed by atoms with van der Waals surface area (Å²) in [5, 5.41) is 2.44. The van der Waals surface area contributed by atoms with Crippen LogP contribution in [0.1, 0.15) is 27.3 Å². The first-order valence-electron chi connectivity index (χ1n) is 8.26. The monoisotopic (exact) mass is 391 g/mol. The summed E-state index contributed by atoms with van der Waals surface area (Å²) in [6.45, 7) is 0. The first-order chi connectivity index (χ1) is 12.8. The fraction of sp³-hybridized carbons (Fsp3) is 0.278. The molecule has 7 nitrogen and oxygen atoms in total. The van der Waals surface area contributed by atoms with Gasteiger partial charge >= 0.3 is 0 Å². The van der Waals surface area contributed by atoms with Gasteiger partial charge in [0.2, 0.25) is 0 Å². The number of carbonyl (C=O) groups is 2. The smallest absolute Gasteiger partial charge is 0.272 e. The molecule has 1 N–H and O–H groups in total. The fourth-order valence-electron chi connectivity index (χ4n) is 2.87. The molecule has 0 bridgehead atoms. The molecule has 1 saturated heterocycles. The van der Waals surface area contributed by atoms with Crippen molar-refractivity contribution in [2.24, 2.45) is 0 Å². The molecule has 1 fully saturated rings. The molecule has 1 atom stereocenters. The van der Waals surface area contributed by atoms with Crippen LogP contribution in [0, 0.1) is 5.82 Å². The van der Waals surface area contributed by atoms with Gasteiger partial charge in [-0.05, 0) is 30.7 Å². The van der Waals surface area contributed by atoms with E-state index in [0.717, 1.165) is 0 Å². The van der Waals surface area contributed by atoms with E-state index in [2.05, 4.69) is 10.3 Å². The maximum atomic E-state index is 13.7. The van der Waals surface area contributed by atoms with E-state index in [-0.39, 0.29) is 28.5 Å². The SMILES string of the molecule is CN(C(=O)c1cc(C(=O)Nc2ccccc2F)ccn1)C1CCS(=O)(=O)C1. The average Bonchev–Trinajstić information content (AvgIpc) is 3.02. The summed E-state index contributed by atoms with van der Waals surface area (Å²) in [7, 11) is -1.61. The van der Waals surface area contributed by atoms with E-state index in [4.69, 9.17) is 0 Å². The van der Waals surface area contributed by atoms with Crippen LogP contribution < -0.4 is 5.32 Å². The van der Waals surface area contributed by atoms with Crippen LogP contribution >= 0.6 is 0 Å². The van der Waals surface area contributed by atoms with Gasteiger partial charge in [0.15, 0.2) is 9.84 Å². The van der Waals surface area contributed by atoms with Gasteiger partial charge in [-0.25, -0.2) is 12.8 Å². The number of carbonyl (C=O) groups excluding carboxylic acids is 2. The lowest BCUT2D eigenvalue weighted by atomic mass is 10.1. The fourth-order valence-corrected chi connectivity index (χ4v) is 4.65. The Morgan fingerprint density at radius 3 is 2.67 bits per heavy atom. The Kier molecular flexibility index (Phi) is 5.22. The van der Waals surface area contributed by atoms with E-state index in [1.165, 1.54) is 48.5 Å². The van der Waals surface area contributed by atoms with E-state index in [0.29, 0.717) is 6.42 Å². The molecule has 1 unspecified atom stereocenters. The molecule has 2 aromatic rings. The van der Waals surface area contributed by atoms with E-state index < -0.39 is 33.5 Å². The molecule has 0 spiro atoms. The Bertz CT molecular complexity index is 994. The minimum Gasteiger partial charge on any atom is -0.336 e. The summed E-state index contributed by atoms with van der Waals surface area (Å²) in [4.78, 5) is 30.3. The number of nitrogens with zero attached hydrogens (tertiary/aromatic N) is 2. The molecule has 1 aromatic carbocycles. The average molecular weight is 391 g/mol. The summed E-state index contributed by atoms with van der Waals surface area (Å²) in [6, 6.07) is 8.04. The molecular weight excluding hydrogens is 373 g/mol. The summed E-state index contributed by atoms with van der Waals surface area (Å²) in [6.07, 6.45) is 1.68. The zero-order valence-corrected chi connectivity index (χ0v) is 15.4. The number of pyridine rings is 1. The molecule has 2 amide bonds. The number of hydrogen-bond acceptors (Lipinski definition) is 5. The van der Waals surface area contributed by atoms with E-state index in [9.17, 15) is 22.4 Å². The van der Waals surface area contributed by atoms with Crippen molar-refractivity contribution in [3.63, 3.8) is 0 Å². The lowest BCUT2D eigenvalue weighted by Gasteiger charge is -2.23. The minimum atomic E-state index is -3.13. The van der Waals surface area contributed by atoms with Crippen molar-refractivity contribution in [3.8, 4) is 0 Å². The predicted octanol–water partition coefficient (Wildman–Crippen LogP) is 1.73. The van der Waals surface area contributed by atoms with E-state index in [1.807, 2.05) is 0 Å². The molecule has 27 heavy (non-hydrogen) atoms. The number of sulfone groups is 1. The van der Waals surface area contributed by atoms with Crippen molar-refractivity contribution in [2.45, 2.75) is 12.5 Å². The first-order valence-corrected chi connectivity index (χ1v) is 10.1. The van der Waals surface area contributed by atoms with E-state index >= 15 is 0 Å². The Balaban J connectivity index is 1.76. The zero-order valence-electron chi connectivity index (χ0n) is 14.6. The molecule has 3 rings (SSSR count). The topological polar surface area (TPSA) is 96.4 Å². The van der Waals surface area contributed by atoms with Crippen LogP contribution in [0.15, 0.2) is 42.6 Å². The van der Waals surface area contributed by atoms with Gasteiger partial charge in [0, 0.05) is 24.8 Å². The number of benzene rings is 1. The van der Waals surface area contributed by atoms with Gasteiger partial charge in [-0.15, -0.1) is 0 Å². The molecule has 9 heteroatoms. The molecule has 1 aliphatic heterocycles. The van der Waals surface area contributed by atoms with Crippen LogP contribution in [-0.4, -0.2) is 54.7 Å². The molecule has 1 aliphatic rings. The van der Waals surface area contributed by atoms with Gasteiger partial charge in [-0.1, -0.05) is 12.1 Å². The summed E-state index contributed by atoms with van der Waals surface area (Å²) < 4.78 is 36.9. The summed E-state index contributed by atoms with van der Waals surface area (Å²) in [5.74, 6) is -1.66. The lowest BCUT2D eigenvalue weighted by molar-refractivity contribution is 0.0741. The molecule has 2 heterocycles. The first kappa shape index (κ1) is 19.0. The highest BCUT2D eigenvalue weighted by atomic mass is 32.2. The second-order valence-corrected chi connectivity index (χ2v) is 8.57. The number of hydrogen-bond donors (Lipinski definition) is 1. The van der Waals surface area contributed by atoms with E-state index in [1.54, 1.807) is 6.07 Å². The molecule has 142 valence electrons. The Morgan fingerprint density at radius 2 is 2.00 bits per heavy atom. The molecule has 1 aromatic heterocycles. The third kappa shape index (κ3) is 4.30. The van der Waals surface area contributed by atoms with Crippen molar-refractivity contribution in [3.05, 3.63) is 59.7 Å². The normalized spacial score (nSPS) is 18.1. The van der Waals surface area contributed by atoms with Crippen LogP contribution in [0.25, 0.3) is 0 Å². The minimum absolute atomic E-state index is 0.0166. The lowest BCUT2D eigenvalue weighted by Crippen LogP contribution is -2.38. The predicted molar refractivity (Wildman–Crippen MR) is 97.7 cm³/mol. The number of para-hydroxylation sites is 1. The Hall–Kier alpha value is -2.81. The van der Waals surface area contributed by atoms with Crippen LogP contribution in [0.5, 0.6) is 0 Å². The highest BCUT2D eigenvalue weighted by Gasteiger charge is 2.33. The van der Waals surface area contributed by atoms with Crippen molar-refractivity contribution < 1.29 is 22.4 Å². The Morgan fingerprint density at radius 1 is 1.26 bits per heavy atom. The zero-order chi connectivity index (χ0) is 19.6. The van der Waals surface area contributed by atoms with Crippen LogP contribution in [0.4, 0.5) is 10.1 Å². The van der Waals surface area contributed by atoms with Crippen molar-refractivity contribution in [2.75, 3.05) is 23.9 Å². The highest BCUT2D eigenvalue weighted by Crippen LogP contribution is 2.19. The van der Waals surface area contributed by atoms with Crippen molar-refractivity contribution >= 4 is 27.3 Å². The van der Waals surface area contributed by atoms with Gasteiger partial charge in [-0.2, -0.15) is 0 Å². The summed E-state index contributed by atoms with van der Waals surface area (Å²) >= 11 is 0. The maximum absolute atomic E-state index is 13.7. The highest BCUT2D eigenvalue weighted by molar-refractivity contribution is 7.91. The summed E-state index contributed by atoms with van der Waals surface area (Å²) in [5.41, 5.74) is 0.187. The second kappa shape index (κ2) is 7.43. The maximum Gasteiger partial charge on any atom is 0.272 e. The Labute approximate surface area is 156 Å². The van der Waals surface area contributed by atoms with Crippen molar-refractivity contribution in [1.29, 1.82) is 0 Å². The number of anilines is 1.